The number of nitrogen functional groups attached to an aromatic ring is 1. The van der Waals surface area contributed by atoms with Gasteiger partial charge in [-0.25, -0.2) is 14.4 Å². The lowest BCUT2D eigenvalue weighted by Crippen LogP contribution is -2.29. The summed E-state index contributed by atoms with van der Waals surface area (Å²) in [6.07, 6.45) is 7.66. The Labute approximate surface area is 160 Å². The molecule has 0 unspecified atom stereocenters. The first-order valence-corrected chi connectivity index (χ1v) is 9.25. The number of hydrogen-bond acceptors (Lipinski definition) is 6. The number of para-hydroxylation sites is 1. The van der Waals surface area contributed by atoms with Gasteiger partial charge in [-0.05, 0) is 44.1 Å². The Morgan fingerprint density at radius 3 is 2.86 bits per heavy atom. The summed E-state index contributed by atoms with van der Waals surface area (Å²) in [4.78, 5) is 8.55. The van der Waals surface area contributed by atoms with E-state index in [2.05, 4.69) is 20.4 Å². The molecule has 0 spiro atoms. The van der Waals surface area contributed by atoms with Gasteiger partial charge in [0.2, 0.25) is 5.89 Å². The van der Waals surface area contributed by atoms with Crippen molar-refractivity contribution in [1.82, 2.24) is 25.1 Å². The second kappa shape index (κ2) is 6.72. The topological polar surface area (TPSA) is 94.8 Å². The molecule has 7 nitrogen and oxygen atoms in total. The van der Waals surface area contributed by atoms with E-state index < -0.39 is 5.82 Å². The minimum Gasteiger partial charge on any atom is -0.436 e. The summed E-state index contributed by atoms with van der Waals surface area (Å²) in [6, 6.07) is 6.86. The Bertz CT molecular complexity index is 1140. The van der Waals surface area contributed by atoms with Crippen LogP contribution in [-0.4, -0.2) is 32.8 Å². The van der Waals surface area contributed by atoms with Gasteiger partial charge < -0.3 is 15.5 Å². The van der Waals surface area contributed by atoms with E-state index in [1.165, 1.54) is 6.07 Å². The zero-order chi connectivity index (χ0) is 19.1. The van der Waals surface area contributed by atoms with Gasteiger partial charge in [-0.15, -0.1) is 0 Å². The van der Waals surface area contributed by atoms with Crippen molar-refractivity contribution in [2.75, 3.05) is 18.8 Å². The molecule has 142 valence electrons. The summed E-state index contributed by atoms with van der Waals surface area (Å²) >= 11 is 0. The first kappa shape index (κ1) is 16.9. The standard InChI is InChI=1S/C20H19FN6O/c21-16-2-1-3-17-18(16)26-20(28-17)15-8-12(9-24-19(15)22)13-10-25-27(11-13)14-4-6-23-7-5-14/h1-3,8-11,14,23H,4-7H2,(H2,22,24). The highest BCUT2D eigenvalue weighted by atomic mass is 19.1. The first-order valence-electron chi connectivity index (χ1n) is 9.25. The molecule has 3 aromatic heterocycles. The number of aromatic nitrogens is 4. The highest BCUT2D eigenvalue weighted by Crippen LogP contribution is 2.32. The average Bonchev–Trinajstić information content (AvgIpc) is 3.37. The normalized spacial score (nSPS) is 15.3. The first-order chi connectivity index (χ1) is 13.7. The Hall–Kier alpha value is -3.26. The molecule has 0 saturated carbocycles. The molecule has 0 bridgehead atoms. The summed E-state index contributed by atoms with van der Waals surface area (Å²) in [5.74, 6) is 0.0950. The van der Waals surface area contributed by atoms with E-state index >= 15 is 0 Å². The van der Waals surface area contributed by atoms with E-state index in [0.29, 0.717) is 17.2 Å². The van der Waals surface area contributed by atoms with Crippen molar-refractivity contribution >= 4 is 16.9 Å². The Balaban J connectivity index is 1.52. The number of rotatable bonds is 3. The molecule has 4 aromatic rings. The number of piperidine rings is 1. The Kier molecular flexibility index (Phi) is 4.05. The molecule has 3 N–H and O–H groups in total. The van der Waals surface area contributed by atoms with Gasteiger partial charge in [0, 0.05) is 23.5 Å². The molecule has 1 aliphatic rings. The fourth-order valence-electron chi connectivity index (χ4n) is 3.59. The average molecular weight is 378 g/mol. The summed E-state index contributed by atoms with van der Waals surface area (Å²) < 4.78 is 21.7. The molecular formula is C20H19FN6O. The van der Waals surface area contributed by atoms with Crippen molar-refractivity contribution in [2.24, 2.45) is 0 Å². The lowest BCUT2D eigenvalue weighted by atomic mass is 10.1. The van der Waals surface area contributed by atoms with Crippen molar-refractivity contribution in [3.05, 3.63) is 48.7 Å². The summed E-state index contributed by atoms with van der Waals surface area (Å²) in [5.41, 5.74) is 8.93. The van der Waals surface area contributed by atoms with Gasteiger partial charge in [0.15, 0.2) is 11.4 Å². The number of anilines is 1. The Morgan fingerprint density at radius 2 is 2.04 bits per heavy atom. The van der Waals surface area contributed by atoms with Crippen LogP contribution in [0.5, 0.6) is 0 Å². The summed E-state index contributed by atoms with van der Waals surface area (Å²) in [7, 11) is 0. The van der Waals surface area contributed by atoms with E-state index in [0.717, 1.165) is 37.1 Å². The molecule has 1 fully saturated rings. The van der Waals surface area contributed by atoms with Gasteiger partial charge in [0.05, 0.1) is 17.8 Å². The maximum absolute atomic E-state index is 14.0. The van der Waals surface area contributed by atoms with E-state index in [1.807, 2.05) is 23.1 Å². The molecule has 1 aromatic carbocycles. The van der Waals surface area contributed by atoms with Gasteiger partial charge >= 0.3 is 0 Å². The highest BCUT2D eigenvalue weighted by molar-refractivity contribution is 5.81. The van der Waals surface area contributed by atoms with E-state index in [4.69, 9.17) is 10.2 Å². The van der Waals surface area contributed by atoms with Gasteiger partial charge in [-0.3, -0.25) is 4.68 Å². The molecule has 1 aliphatic heterocycles. The van der Waals surface area contributed by atoms with Gasteiger partial charge in [-0.1, -0.05) is 6.07 Å². The largest absolute Gasteiger partial charge is 0.436 e. The minimum atomic E-state index is -0.432. The van der Waals surface area contributed by atoms with Gasteiger partial charge in [0.25, 0.3) is 0 Å². The van der Waals surface area contributed by atoms with E-state index in [9.17, 15) is 4.39 Å². The maximum atomic E-state index is 14.0. The molecule has 0 atom stereocenters. The number of nitrogens with zero attached hydrogens (tertiary/aromatic N) is 4. The second-order valence-corrected chi connectivity index (χ2v) is 6.95. The number of hydrogen-bond donors (Lipinski definition) is 2. The third-order valence-corrected chi connectivity index (χ3v) is 5.14. The predicted molar refractivity (Wildman–Crippen MR) is 104 cm³/mol. The lowest BCUT2D eigenvalue weighted by Gasteiger charge is -2.22. The number of nitrogens with one attached hydrogen (secondary N) is 1. The monoisotopic (exact) mass is 378 g/mol. The molecule has 0 radical (unpaired) electrons. The van der Waals surface area contributed by atoms with Crippen molar-refractivity contribution in [1.29, 1.82) is 0 Å². The summed E-state index contributed by atoms with van der Waals surface area (Å²) in [6.45, 7) is 2.00. The number of benzene rings is 1. The fraction of sp³-hybridized carbons (Fsp3) is 0.250. The van der Waals surface area contributed by atoms with Crippen LogP contribution in [0.4, 0.5) is 10.2 Å². The van der Waals surface area contributed by atoms with Crippen molar-refractivity contribution in [3.8, 4) is 22.6 Å². The van der Waals surface area contributed by atoms with Crippen LogP contribution in [0, 0.1) is 5.82 Å². The van der Waals surface area contributed by atoms with Gasteiger partial charge in [-0.2, -0.15) is 5.10 Å². The number of fused-ring (bicyclic) bond motifs is 1. The van der Waals surface area contributed by atoms with E-state index in [1.54, 1.807) is 18.3 Å². The fourth-order valence-corrected chi connectivity index (χ4v) is 3.59. The second-order valence-electron chi connectivity index (χ2n) is 6.95. The zero-order valence-corrected chi connectivity index (χ0v) is 15.1. The van der Waals surface area contributed by atoms with Gasteiger partial charge in [0.1, 0.15) is 11.3 Å². The minimum absolute atomic E-state index is 0.182. The van der Waals surface area contributed by atoms with Crippen LogP contribution in [0.15, 0.2) is 47.3 Å². The van der Waals surface area contributed by atoms with E-state index in [-0.39, 0.29) is 17.2 Å². The maximum Gasteiger partial charge on any atom is 0.231 e. The van der Waals surface area contributed by atoms with Crippen LogP contribution in [-0.2, 0) is 0 Å². The molecule has 1 saturated heterocycles. The zero-order valence-electron chi connectivity index (χ0n) is 15.1. The SMILES string of the molecule is Nc1ncc(-c2cnn(C3CCNCC3)c2)cc1-c1nc2c(F)cccc2o1. The van der Waals surface area contributed by atoms with Crippen LogP contribution in [0.25, 0.3) is 33.7 Å². The lowest BCUT2D eigenvalue weighted by molar-refractivity contribution is 0.343. The molecule has 28 heavy (non-hydrogen) atoms. The molecule has 4 heterocycles. The third kappa shape index (κ3) is 2.91. The molecule has 0 amide bonds. The smallest absolute Gasteiger partial charge is 0.231 e. The summed E-state index contributed by atoms with van der Waals surface area (Å²) in [5, 5.41) is 7.89. The number of pyridine rings is 1. The molecule has 5 rings (SSSR count). The quantitative estimate of drug-likeness (QED) is 0.567. The number of oxazole rings is 1. The van der Waals surface area contributed by atoms with Crippen LogP contribution in [0.3, 0.4) is 0 Å². The predicted octanol–water partition coefficient (Wildman–Crippen LogP) is 3.40. The van der Waals surface area contributed by atoms with Crippen LogP contribution in [0.1, 0.15) is 18.9 Å². The Morgan fingerprint density at radius 1 is 1.18 bits per heavy atom. The molecular weight excluding hydrogens is 359 g/mol. The van der Waals surface area contributed by atoms with Crippen molar-refractivity contribution < 1.29 is 8.81 Å². The molecule has 8 heteroatoms. The van der Waals surface area contributed by atoms with Crippen molar-refractivity contribution in [2.45, 2.75) is 18.9 Å². The van der Waals surface area contributed by atoms with Crippen LogP contribution >= 0.6 is 0 Å². The number of halogens is 1. The van der Waals surface area contributed by atoms with Crippen molar-refractivity contribution in [3.63, 3.8) is 0 Å². The van der Waals surface area contributed by atoms with Crippen LogP contribution < -0.4 is 11.1 Å². The number of nitrogens with two attached hydrogens (primary N) is 1. The molecule has 0 aliphatic carbocycles. The third-order valence-electron chi connectivity index (χ3n) is 5.14. The van der Waals surface area contributed by atoms with Crippen LogP contribution in [0.2, 0.25) is 0 Å². The highest BCUT2D eigenvalue weighted by Gasteiger charge is 2.18.